The number of thiophene rings is 1. The van der Waals surface area contributed by atoms with Crippen LogP contribution in [0.1, 0.15) is 20.8 Å². The first-order valence-corrected chi connectivity index (χ1v) is 9.15. The van der Waals surface area contributed by atoms with E-state index in [9.17, 15) is 18.0 Å². The fourth-order valence-electron chi connectivity index (χ4n) is 2.87. The average molecular weight is 418 g/mol. The predicted molar refractivity (Wildman–Crippen MR) is 101 cm³/mol. The highest BCUT2D eigenvalue weighted by molar-refractivity contribution is 7.16. The summed E-state index contributed by atoms with van der Waals surface area (Å²) in [6, 6.07) is 8.40. The number of imidazole rings is 1. The fourth-order valence-corrected chi connectivity index (χ4v) is 3.81. The number of pyridine rings is 1. The zero-order valence-electron chi connectivity index (χ0n) is 14.7. The molecule has 4 aromatic rings. The highest BCUT2D eigenvalue weighted by atomic mass is 32.1. The number of aromatic nitrogens is 3. The van der Waals surface area contributed by atoms with Gasteiger partial charge in [-0.25, -0.2) is 4.98 Å². The lowest BCUT2D eigenvalue weighted by atomic mass is 10.1. The number of fused-ring (bicyclic) bond motifs is 1. The molecule has 148 valence electrons. The molecule has 0 atom stereocenters. The van der Waals surface area contributed by atoms with Crippen molar-refractivity contribution in [2.45, 2.75) is 12.8 Å². The number of alkyl halides is 3. The normalized spacial score (nSPS) is 11.7. The molecule has 1 amide bonds. The van der Waals surface area contributed by atoms with Crippen LogP contribution in [-0.4, -0.2) is 20.4 Å². The third-order valence-electron chi connectivity index (χ3n) is 4.20. The van der Waals surface area contributed by atoms with Crippen LogP contribution in [0.5, 0.6) is 5.75 Å². The van der Waals surface area contributed by atoms with Gasteiger partial charge in [0.1, 0.15) is 28.6 Å². The van der Waals surface area contributed by atoms with E-state index in [1.54, 1.807) is 35.4 Å². The van der Waals surface area contributed by atoms with Gasteiger partial charge in [0.15, 0.2) is 0 Å². The quantitative estimate of drug-likeness (QED) is 0.527. The van der Waals surface area contributed by atoms with Gasteiger partial charge in [-0.05, 0) is 12.1 Å². The summed E-state index contributed by atoms with van der Waals surface area (Å²) in [7, 11) is 0. The maximum absolute atomic E-state index is 13.2. The molecule has 2 N–H and O–H groups in total. The van der Waals surface area contributed by atoms with Gasteiger partial charge in [-0.1, -0.05) is 18.2 Å². The van der Waals surface area contributed by atoms with E-state index in [-0.39, 0.29) is 22.8 Å². The maximum atomic E-state index is 13.2. The Hall–Kier alpha value is -3.40. The van der Waals surface area contributed by atoms with Crippen molar-refractivity contribution in [2.75, 3.05) is 0 Å². The molecule has 0 aliphatic heterocycles. The minimum atomic E-state index is -4.50. The minimum Gasteiger partial charge on any atom is -0.487 e. The van der Waals surface area contributed by atoms with E-state index >= 15 is 0 Å². The first-order valence-electron chi connectivity index (χ1n) is 8.33. The Morgan fingerprint density at radius 1 is 1.24 bits per heavy atom. The molecule has 0 bridgehead atoms. The highest BCUT2D eigenvalue weighted by Crippen LogP contribution is 2.36. The number of amides is 1. The Balaban J connectivity index is 1.68. The van der Waals surface area contributed by atoms with Crippen LogP contribution >= 0.6 is 11.3 Å². The van der Waals surface area contributed by atoms with Gasteiger partial charge in [0.25, 0.3) is 5.91 Å². The molecule has 29 heavy (non-hydrogen) atoms. The summed E-state index contributed by atoms with van der Waals surface area (Å²) in [5, 5.41) is 0.577. The van der Waals surface area contributed by atoms with Crippen LogP contribution in [0, 0.1) is 0 Å². The molecule has 0 fully saturated rings. The van der Waals surface area contributed by atoms with Crippen molar-refractivity contribution in [2.24, 2.45) is 5.73 Å². The van der Waals surface area contributed by atoms with Crippen molar-refractivity contribution in [3.05, 3.63) is 71.1 Å². The van der Waals surface area contributed by atoms with Crippen LogP contribution in [-0.2, 0) is 12.8 Å². The smallest absolute Gasteiger partial charge is 0.416 e. The molecule has 1 aromatic carbocycles. The Labute approximate surface area is 166 Å². The van der Waals surface area contributed by atoms with Crippen molar-refractivity contribution in [1.29, 1.82) is 0 Å². The number of ether oxygens (including phenoxy) is 1. The summed E-state index contributed by atoms with van der Waals surface area (Å²) in [5.74, 6) is -0.622. The first kappa shape index (κ1) is 18.9. The minimum absolute atomic E-state index is 0.0412. The second kappa shape index (κ2) is 7.21. The summed E-state index contributed by atoms with van der Waals surface area (Å²) < 4.78 is 46.8. The molecule has 0 spiro atoms. The molecule has 4 rings (SSSR count). The van der Waals surface area contributed by atoms with E-state index in [1.807, 2.05) is 0 Å². The van der Waals surface area contributed by atoms with Gasteiger partial charge in [0.2, 0.25) is 0 Å². The topological polar surface area (TPSA) is 83.0 Å². The van der Waals surface area contributed by atoms with Crippen LogP contribution in [0.2, 0.25) is 0 Å². The third-order valence-corrected chi connectivity index (χ3v) is 5.33. The SMILES string of the molecule is NC(=O)c1sc(-n2cnc3ccncc32)cc1OCc1ccccc1C(F)(F)F. The van der Waals surface area contributed by atoms with Crippen LogP contribution in [0.4, 0.5) is 13.2 Å². The molecular weight excluding hydrogens is 405 g/mol. The predicted octanol–water partition coefficient (Wildman–Crippen LogP) is 4.18. The van der Waals surface area contributed by atoms with Crippen LogP contribution in [0.3, 0.4) is 0 Å². The summed E-state index contributed by atoms with van der Waals surface area (Å²) in [6.07, 6.45) is 0.280. The lowest BCUT2D eigenvalue weighted by Gasteiger charge is -2.13. The van der Waals surface area contributed by atoms with Crippen LogP contribution in [0.15, 0.2) is 55.1 Å². The number of primary amides is 1. The lowest BCUT2D eigenvalue weighted by Crippen LogP contribution is -2.13. The number of benzene rings is 1. The highest BCUT2D eigenvalue weighted by Gasteiger charge is 2.33. The molecule has 10 heteroatoms. The summed E-state index contributed by atoms with van der Waals surface area (Å²) in [5.41, 5.74) is 6.02. The number of nitrogens with two attached hydrogens (primary N) is 1. The summed E-state index contributed by atoms with van der Waals surface area (Å²) in [6.45, 7) is -0.363. The molecule has 0 aliphatic rings. The van der Waals surface area contributed by atoms with Crippen LogP contribution < -0.4 is 10.5 Å². The van der Waals surface area contributed by atoms with Crippen molar-refractivity contribution in [3.8, 4) is 10.8 Å². The number of carbonyl (C=O) groups excluding carboxylic acids is 1. The molecule has 6 nitrogen and oxygen atoms in total. The van der Waals surface area contributed by atoms with E-state index in [0.717, 1.165) is 17.4 Å². The van der Waals surface area contributed by atoms with Crippen molar-refractivity contribution >= 4 is 28.3 Å². The number of hydrogen-bond donors (Lipinski definition) is 1. The van der Waals surface area contributed by atoms with Crippen molar-refractivity contribution < 1.29 is 22.7 Å². The van der Waals surface area contributed by atoms with Gasteiger partial charge in [-0.3, -0.25) is 14.3 Å². The third kappa shape index (κ3) is 3.66. The fraction of sp³-hybridized carbons (Fsp3) is 0.105. The van der Waals surface area contributed by atoms with Gasteiger partial charge in [-0.15, -0.1) is 11.3 Å². The van der Waals surface area contributed by atoms with Gasteiger partial charge in [0.05, 0.1) is 22.8 Å². The number of rotatable bonds is 5. The largest absolute Gasteiger partial charge is 0.487 e. The van der Waals surface area contributed by atoms with Gasteiger partial charge in [-0.2, -0.15) is 13.2 Å². The van der Waals surface area contributed by atoms with E-state index in [0.29, 0.717) is 16.0 Å². The zero-order chi connectivity index (χ0) is 20.6. The number of halogens is 3. The standard InChI is InChI=1S/C19H13F3N4O2S/c20-19(21,22)12-4-2-1-3-11(12)9-28-15-7-16(29-17(15)18(23)27)26-10-25-13-5-6-24-8-14(13)26/h1-8,10H,9H2,(H2,23,27). The molecule has 3 heterocycles. The van der Waals surface area contributed by atoms with E-state index in [2.05, 4.69) is 9.97 Å². The van der Waals surface area contributed by atoms with Gasteiger partial charge >= 0.3 is 6.18 Å². The van der Waals surface area contributed by atoms with Crippen molar-refractivity contribution in [1.82, 2.24) is 14.5 Å². The molecule has 0 aliphatic carbocycles. The maximum Gasteiger partial charge on any atom is 0.416 e. The Kier molecular flexibility index (Phi) is 4.71. The Bertz CT molecular complexity index is 1200. The monoisotopic (exact) mass is 418 g/mol. The van der Waals surface area contributed by atoms with Crippen molar-refractivity contribution in [3.63, 3.8) is 0 Å². The molecular formula is C19H13F3N4O2S. The number of nitrogens with zero attached hydrogens (tertiary/aromatic N) is 3. The molecule has 0 unspecified atom stereocenters. The summed E-state index contributed by atoms with van der Waals surface area (Å²) >= 11 is 1.06. The van der Waals surface area contributed by atoms with E-state index < -0.39 is 17.6 Å². The van der Waals surface area contributed by atoms with Gasteiger partial charge < -0.3 is 10.5 Å². The zero-order valence-corrected chi connectivity index (χ0v) is 15.5. The molecule has 0 radical (unpaired) electrons. The first-order chi connectivity index (χ1) is 13.8. The van der Waals surface area contributed by atoms with Crippen LogP contribution in [0.25, 0.3) is 16.0 Å². The van der Waals surface area contributed by atoms with E-state index in [1.165, 1.54) is 18.2 Å². The molecule has 3 aromatic heterocycles. The second-order valence-electron chi connectivity index (χ2n) is 6.06. The van der Waals surface area contributed by atoms with Gasteiger partial charge in [0, 0.05) is 17.8 Å². The number of hydrogen-bond acceptors (Lipinski definition) is 5. The molecule has 0 saturated carbocycles. The molecule has 0 saturated heterocycles. The number of carbonyl (C=O) groups is 1. The Morgan fingerprint density at radius 3 is 2.79 bits per heavy atom. The average Bonchev–Trinajstić information content (AvgIpc) is 3.30. The second-order valence-corrected chi connectivity index (χ2v) is 7.10. The summed E-state index contributed by atoms with van der Waals surface area (Å²) in [4.78, 5) is 20.3. The lowest BCUT2D eigenvalue weighted by molar-refractivity contribution is -0.138. The Morgan fingerprint density at radius 2 is 2.03 bits per heavy atom. The van der Waals surface area contributed by atoms with E-state index in [4.69, 9.17) is 10.5 Å².